The normalized spacial score (nSPS) is 12.3. The van der Waals surface area contributed by atoms with Crippen LogP contribution >= 0.6 is 11.6 Å². The molecule has 0 bridgehead atoms. The van der Waals surface area contributed by atoms with Crippen LogP contribution in [-0.4, -0.2) is 11.5 Å². The van der Waals surface area contributed by atoms with Crippen molar-refractivity contribution in [1.82, 2.24) is 0 Å². The molecule has 4 heteroatoms. The van der Waals surface area contributed by atoms with Gasteiger partial charge in [0.25, 0.3) is 5.91 Å². The van der Waals surface area contributed by atoms with Crippen LogP contribution in [0.4, 0.5) is 5.69 Å². The lowest BCUT2D eigenvalue weighted by Gasteiger charge is -2.25. The van der Waals surface area contributed by atoms with Gasteiger partial charge in [-0.1, -0.05) is 41.9 Å². The van der Waals surface area contributed by atoms with Gasteiger partial charge in [0, 0.05) is 10.7 Å². The molecule has 27 heavy (non-hydrogen) atoms. The molecule has 0 saturated heterocycles. The van der Waals surface area contributed by atoms with Crippen LogP contribution in [0, 0.1) is 0 Å². The van der Waals surface area contributed by atoms with Gasteiger partial charge >= 0.3 is 0 Å². The number of ether oxygens (including phenoxy) is 1. The minimum absolute atomic E-state index is 0.201. The van der Waals surface area contributed by atoms with Crippen molar-refractivity contribution in [3.8, 4) is 16.9 Å². The molecule has 0 fully saturated rings. The lowest BCUT2D eigenvalue weighted by Crippen LogP contribution is -2.42. The van der Waals surface area contributed by atoms with Gasteiger partial charge in [-0.2, -0.15) is 0 Å². The summed E-state index contributed by atoms with van der Waals surface area (Å²) in [5.41, 5.74) is 4.82. The summed E-state index contributed by atoms with van der Waals surface area (Å²) in [7, 11) is 0. The Balaban J connectivity index is 1.50. The Morgan fingerprint density at radius 1 is 0.963 bits per heavy atom. The van der Waals surface area contributed by atoms with Crippen molar-refractivity contribution in [2.45, 2.75) is 25.9 Å². The van der Waals surface area contributed by atoms with Crippen LogP contribution in [0.3, 0.4) is 0 Å². The molecule has 1 aliphatic rings. The van der Waals surface area contributed by atoms with Crippen molar-refractivity contribution in [2.75, 3.05) is 5.32 Å². The molecular weight excluding hydrogens is 358 g/mol. The van der Waals surface area contributed by atoms with Crippen molar-refractivity contribution >= 4 is 23.2 Å². The van der Waals surface area contributed by atoms with E-state index in [1.165, 1.54) is 22.3 Å². The minimum Gasteiger partial charge on any atom is -0.478 e. The van der Waals surface area contributed by atoms with Crippen LogP contribution in [0.15, 0.2) is 66.7 Å². The van der Waals surface area contributed by atoms with E-state index in [-0.39, 0.29) is 5.91 Å². The first-order valence-electron chi connectivity index (χ1n) is 8.90. The Labute approximate surface area is 163 Å². The molecule has 3 aromatic rings. The summed E-state index contributed by atoms with van der Waals surface area (Å²) in [5.74, 6) is 0.400. The Hall–Kier alpha value is -2.78. The van der Waals surface area contributed by atoms with Crippen LogP contribution in [0.1, 0.15) is 25.0 Å². The third kappa shape index (κ3) is 3.56. The molecular formula is C23H20ClNO2. The van der Waals surface area contributed by atoms with Gasteiger partial charge in [0.15, 0.2) is 5.60 Å². The molecule has 4 rings (SSSR count). The number of anilines is 1. The zero-order chi connectivity index (χ0) is 19.0. The largest absolute Gasteiger partial charge is 0.478 e. The number of carbonyl (C=O) groups is 1. The highest BCUT2D eigenvalue weighted by Crippen LogP contribution is 2.37. The Bertz CT molecular complexity index is 1010. The van der Waals surface area contributed by atoms with E-state index >= 15 is 0 Å². The predicted octanol–water partition coefficient (Wildman–Crippen LogP) is 5.71. The first-order chi connectivity index (χ1) is 12.9. The number of hydrogen-bond acceptors (Lipinski definition) is 2. The lowest BCUT2D eigenvalue weighted by atomic mass is 10.0. The highest BCUT2D eigenvalue weighted by atomic mass is 35.5. The zero-order valence-corrected chi connectivity index (χ0v) is 16.0. The smallest absolute Gasteiger partial charge is 0.267 e. The Morgan fingerprint density at radius 2 is 1.67 bits per heavy atom. The van der Waals surface area contributed by atoms with Gasteiger partial charge in [0.05, 0.1) is 0 Å². The van der Waals surface area contributed by atoms with Gasteiger partial charge in [0.1, 0.15) is 5.75 Å². The van der Waals surface area contributed by atoms with Crippen molar-refractivity contribution < 1.29 is 9.53 Å². The number of nitrogens with one attached hydrogen (secondary N) is 1. The molecule has 0 unspecified atom stereocenters. The van der Waals surface area contributed by atoms with E-state index in [9.17, 15) is 4.79 Å². The third-order valence-electron chi connectivity index (χ3n) is 4.79. The highest BCUT2D eigenvalue weighted by Gasteiger charge is 2.30. The van der Waals surface area contributed by atoms with E-state index in [0.29, 0.717) is 10.8 Å². The number of rotatable bonds is 4. The number of amides is 1. The average molecular weight is 378 g/mol. The van der Waals surface area contributed by atoms with E-state index in [1.54, 1.807) is 38.1 Å². The van der Waals surface area contributed by atoms with E-state index < -0.39 is 5.60 Å². The molecule has 0 aromatic heterocycles. The summed E-state index contributed by atoms with van der Waals surface area (Å²) >= 11 is 5.90. The predicted molar refractivity (Wildman–Crippen MR) is 109 cm³/mol. The highest BCUT2D eigenvalue weighted by molar-refractivity contribution is 6.30. The number of carbonyl (C=O) groups excluding carboxylic acids is 1. The summed E-state index contributed by atoms with van der Waals surface area (Å²) in [6.07, 6.45) is 0.889. The maximum absolute atomic E-state index is 12.8. The maximum atomic E-state index is 12.8. The molecule has 0 saturated carbocycles. The molecule has 0 spiro atoms. The maximum Gasteiger partial charge on any atom is 0.267 e. The fourth-order valence-corrected chi connectivity index (χ4v) is 3.47. The second-order valence-corrected chi connectivity index (χ2v) is 7.66. The second kappa shape index (κ2) is 6.75. The molecule has 0 aliphatic heterocycles. The lowest BCUT2D eigenvalue weighted by molar-refractivity contribution is -0.128. The average Bonchev–Trinajstić information content (AvgIpc) is 3.01. The van der Waals surface area contributed by atoms with E-state index in [1.807, 2.05) is 12.1 Å². The first-order valence-corrected chi connectivity index (χ1v) is 9.27. The molecule has 0 radical (unpaired) electrons. The van der Waals surface area contributed by atoms with Crippen molar-refractivity contribution in [3.63, 3.8) is 0 Å². The summed E-state index contributed by atoms with van der Waals surface area (Å²) in [6, 6.07) is 21.5. The van der Waals surface area contributed by atoms with Crippen LogP contribution in [-0.2, 0) is 11.2 Å². The summed E-state index contributed by atoms with van der Waals surface area (Å²) in [5, 5.41) is 3.61. The summed E-state index contributed by atoms with van der Waals surface area (Å²) < 4.78 is 5.86. The molecule has 3 aromatic carbocycles. The summed E-state index contributed by atoms with van der Waals surface area (Å²) in [4.78, 5) is 12.8. The van der Waals surface area contributed by atoms with Gasteiger partial charge in [-0.05, 0) is 78.9 Å². The third-order valence-corrected chi connectivity index (χ3v) is 5.04. The minimum atomic E-state index is -1.02. The van der Waals surface area contributed by atoms with E-state index in [4.69, 9.17) is 16.3 Å². The molecule has 136 valence electrons. The SMILES string of the molecule is CC(C)(Oc1ccc(Cl)cc1)C(=O)Nc1ccc2c(c1)Cc1ccccc1-2. The number of fused-ring (bicyclic) bond motifs is 3. The van der Waals surface area contributed by atoms with Gasteiger partial charge in [0.2, 0.25) is 0 Å². The topological polar surface area (TPSA) is 38.3 Å². The van der Waals surface area contributed by atoms with Gasteiger partial charge in [-0.3, -0.25) is 4.79 Å². The van der Waals surface area contributed by atoms with Crippen LogP contribution < -0.4 is 10.1 Å². The molecule has 0 heterocycles. The molecule has 1 amide bonds. The quantitative estimate of drug-likeness (QED) is 0.495. The second-order valence-electron chi connectivity index (χ2n) is 7.23. The molecule has 3 nitrogen and oxygen atoms in total. The van der Waals surface area contributed by atoms with Crippen LogP contribution in [0.5, 0.6) is 5.75 Å². The first kappa shape index (κ1) is 17.6. The fraction of sp³-hybridized carbons (Fsp3) is 0.174. The van der Waals surface area contributed by atoms with E-state index in [2.05, 4.69) is 35.6 Å². The Morgan fingerprint density at radius 3 is 2.44 bits per heavy atom. The number of benzene rings is 3. The number of halogens is 1. The molecule has 0 atom stereocenters. The number of hydrogen-bond donors (Lipinski definition) is 1. The van der Waals surface area contributed by atoms with Crippen molar-refractivity contribution in [3.05, 3.63) is 82.9 Å². The van der Waals surface area contributed by atoms with Crippen molar-refractivity contribution in [2.24, 2.45) is 0 Å². The zero-order valence-electron chi connectivity index (χ0n) is 15.3. The van der Waals surface area contributed by atoms with E-state index in [0.717, 1.165) is 12.1 Å². The Kier molecular flexibility index (Phi) is 4.40. The molecule has 1 aliphatic carbocycles. The monoisotopic (exact) mass is 377 g/mol. The van der Waals surface area contributed by atoms with Crippen LogP contribution in [0.25, 0.3) is 11.1 Å². The fourth-order valence-electron chi connectivity index (χ4n) is 3.35. The molecule has 1 N–H and O–H groups in total. The standard InChI is InChI=1S/C23H20ClNO2/c1-23(2,27-19-10-7-17(24)8-11-19)22(26)25-18-9-12-21-16(14-18)13-15-5-3-4-6-20(15)21/h3-12,14H,13H2,1-2H3,(H,25,26). The van der Waals surface area contributed by atoms with Crippen LogP contribution in [0.2, 0.25) is 5.02 Å². The van der Waals surface area contributed by atoms with Crippen molar-refractivity contribution in [1.29, 1.82) is 0 Å². The van der Waals surface area contributed by atoms with Gasteiger partial charge < -0.3 is 10.1 Å². The van der Waals surface area contributed by atoms with Gasteiger partial charge in [-0.25, -0.2) is 0 Å². The summed E-state index contributed by atoms with van der Waals surface area (Å²) in [6.45, 7) is 3.50. The van der Waals surface area contributed by atoms with Gasteiger partial charge in [-0.15, -0.1) is 0 Å².